The molecule has 10 heteroatoms. The Kier molecular flexibility index (Phi) is 7.18. The maximum Gasteiger partial charge on any atom is 0.363 e. The first-order chi connectivity index (χ1) is 16.8. The highest BCUT2D eigenvalue weighted by Crippen LogP contribution is 2.38. The number of rotatable bonds is 7. The predicted molar refractivity (Wildman–Crippen MR) is 135 cm³/mol. The SMILES string of the molecule is COc1cc(/C=C2\N=C(c3cccc([N+](=O)[O-])c3C)OC2=O)cc(Cl)c1OCc1cccc(Br)c1. The van der Waals surface area contributed by atoms with Crippen molar-refractivity contribution in [3.05, 3.63) is 102 Å². The average molecular weight is 558 g/mol. The fraction of sp³-hybridized carbons (Fsp3) is 0.120. The summed E-state index contributed by atoms with van der Waals surface area (Å²) >= 11 is 9.89. The van der Waals surface area contributed by atoms with Gasteiger partial charge in [-0.1, -0.05) is 45.7 Å². The van der Waals surface area contributed by atoms with Crippen LogP contribution >= 0.6 is 27.5 Å². The van der Waals surface area contributed by atoms with E-state index in [9.17, 15) is 14.9 Å². The van der Waals surface area contributed by atoms with Gasteiger partial charge in [-0.05, 0) is 54.5 Å². The van der Waals surface area contributed by atoms with Gasteiger partial charge >= 0.3 is 5.97 Å². The van der Waals surface area contributed by atoms with Crippen LogP contribution in [-0.4, -0.2) is 23.9 Å². The van der Waals surface area contributed by atoms with Crippen molar-refractivity contribution >= 4 is 51.2 Å². The van der Waals surface area contributed by atoms with Crippen LogP contribution in [0, 0.1) is 17.0 Å². The second kappa shape index (κ2) is 10.3. The van der Waals surface area contributed by atoms with E-state index in [1.54, 1.807) is 25.1 Å². The number of ether oxygens (including phenoxy) is 3. The Labute approximate surface area is 214 Å². The number of nitro groups is 1. The first-order valence-electron chi connectivity index (χ1n) is 10.3. The molecule has 0 fully saturated rings. The first-order valence-corrected chi connectivity index (χ1v) is 11.5. The Morgan fingerprint density at radius 3 is 2.69 bits per heavy atom. The molecule has 0 bridgehead atoms. The lowest BCUT2D eigenvalue weighted by Crippen LogP contribution is -2.08. The van der Waals surface area contributed by atoms with E-state index < -0.39 is 10.9 Å². The van der Waals surface area contributed by atoms with Gasteiger partial charge in [0, 0.05) is 21.7 Å². The van der Waals surface area contributed by atoms with Gasteiger partial charge in [0.05, 0.1) is 17.1 Å². The molecule has 0 radical (unpaired) electrons. The van der Waals surface area contributed by atoms with Gasteiger partial charge in [0.15, 0.2) is 17.2 Å². The van der Waals surface area contributed by atoms with E-state index in [2.05, 4.69) is 20.9 Å². The van der Waals surface area contributed by atoms with E-state index in [4.69, 9.17) is 25.8 Å². The van der Waals surface area contributed by atoms with Crippen LogP contribution < -0.4 is 9.47 Å². The number of nitro benzene ring substituents is 1. The lowest BCUT2D eigenvalue weighted by Gasteiger charge is -2.13. The summed E-state index contributed by atoms with van der Waals surface area (Å²) < 4.78 is 17.6. The van der Waals surface area contributed by atoms with Gasteiger partial charge in [0.1, 0.15) is 6.61 Å². The minimum atomic E-state index is -0.684. The van der Waals surface area contributed by atoms with Gasteiger partial charge in [-0.2, -0.15) is 0 Å². The van der Waals surface area contributed by atoms with E-state index in [-0.39, 0.29) is 28.9 Å². The van der Waals surface area contributed by atoms with Crippen molar-refractivity contribution in [2.45, 2.75) is 13.5 Å². The number of aliphatic imine (C=N–C) groups is 1. The normalized spacial score (nSPS) is 14.0. The van der Waals surface area contributed by atoms with Crippen molar-refractivity contribution in [1.82, 2.24) is 0 Å². The maximum absolute atomic E-state index is 12.5. The molecule has 0 spiro atoms. The molecular weight excluding hydrogens is 540 g/mol. The molecule has 1 heterocycles. The number of nitrogens with zero attached hydrogens (tertiary/aromatic N) is 2. The van der Waals surface area contributed by atoms with Crippen LogP contribution in [0.5, 0.6) is 11.5 Å². The molecule has 0 unspecified atom stereocenters. The molecule has 1 aliphatic heterocycles. The number of halogens is 2. The average Bonchev–Trinajstić information content (AvgIpc) is 3.17. The summed E-state index contributed by atoms with van der Waals surface area (Å²) in [5.41, 5.74) is 2.12. The first kappa shape index (κ1) is 24.4. The van der Waals surface area contributed by atoms with Crippen LogP contribution in [0.2, 0.25) is 5.02 Å². The fourth-order valence-electron chi connectivity index (χ4n) is 3.48. The summed E-state index contributed by atoms with van der Waals surface area (Å²) in [6, 6.07) is 15.5. The van der Waals surface area contributed by atoms with Gasteiger partial charge in [-0.25, -0.2) is 9.79 Å². The highest BCUT2D eigenvalue weighted by Gasteiger charge is 2.27. The number of carbonyl (C=O) groups is 1. The Bertz CT molecular complexity index is 1400. The third-order valence-corrected chi connectivity index (χ3v) is 5.95. The summed E-state index contributed by atoms with van der Waals surface area (Å²) in [7, 11) is 1.49. The molecule has 0 atom stereocenters. The molecule has 3 aromatic carbocycles. The Hall–Kier alpha value is -3.69. The number of cyclic esters (lactones) is 1. The third-order valence-electron chi connectivity index (χ3n) is 5.18. The number of esters is 1. The molecule has 0 saturated carbocycles. The topological polar surface area (TPSA) is 100 Å². The Morgan fingerprint density at radius 2 is 1.97 bits per heavy atom. The summed E-state index contributed by atoms with van der Waals surface area (Å²) in [5, 5.41) is 11.5. The molecule has 0 N–H and O–H groups in total. The zero-order valence-corrected chi connectivity index (χ0v) is 20.9. The van der Waals surface area contributed by atoms with E-state index in [0.717, 1.165) is 10.0 Å². The molecule has 0 amide bonds. The molecule has 0 aromatic heterocycles. The zero-order chi connectivity index (χ0) is 25.1. The van der Waals surface area contributed by atoms with Crippen LogP contribution in [0.1, 0.15) is 22.3 Å². The number of methoxy groups -OCH3 is 1. The molecule has 8 nitrogen and oxygen atoms in total. The molecule has 1 aliphatic rings. The molecule has 178 valence electrons. The van der Waals surface area contributed by atoms with Crippen molar-refractivity contribution in [3.63, 3.8) is 0 Å². The van der Waals surface area contributed by atoms with Crippen molar-refractivity contribution in [1.29, 1.82) is 0 Å². The summed E-state index contributed by atoms with van der Waals surface area (Å²) in [5.74, 6) is 0.0524. The number of carbonyl (C=O) groups excluding carboxylic acids is 1. The molecular formula is C25H18BrClN2O6. The lowest BCUT2D eigenvalue weighted by atomic mass is 10.1. The maximum atomic E-state index is 12.5. The van der Waals surface area contributed by atoms with Gasteiger partial charge < -0.3 is 14.2 Å². The van der Waals surface area contributed by atoms with Gasteiger partial charge in [0.25, 0.3) is 5.69 Å². The van der Waals surface area contributed by atoms with Gasteiger partial charge in [-0.3, -0.25) is 10.1 Å². The summed E-state index contributed by atoms with van der Waals surface area (Å²) in [6.45, 7) is 1.85. The number of hydrogen-bond donors (Lipinski definition) is 0. The standard InChI is InChI=1S/C25H18BrClN2O6/c1-14-18(7-4-8-21(14)29(31)32)24-28-20(25(30)35-24)11-16-10-19(27)23(22(12-16)33-2)34-13-15-5-3-6-17(26)9-15/h3-12H,13H2,1-2H3/b20-11-. The van der Waals surface area contributed by atoms with Crippen LogP contribution in [0.15, 0.2) is 69.8 Å². The zero-order valence-electron chi connectivity index (χ0n) is 18.6. The summed E-state index contributed by atoms with van der Waals surface area (Å²) in [6.07, 6.45) is 1.49. The second-order valence-electron chi connectivity index (χ2n) is 7.50. The molecule has 35 heavy (non-hydrogen) atoms. The van der Waals surface area contributed by atoms with Crippen LogP contribution in [0.3, 0.4) is 0 Å². The Morgan fingerprint density at radius 1 is 1.20 bits per heavy atom. The van der Waals surface area contributed by atoms with Crippen molar-refractivity contribution in [2.24, 2.45) is 4.99 Å². The van der Waals surface area contributed by atoms with E-state index >= 15 is 0 Å². The largest absolute Gasteiger partial charge is 0.493 e. The fourth-order valence-corrected chi connectivity index (χ4v) is 4.20. The number of benzene rings is 3. The predicted octanol–water partition coefficient (Wildman–Crippen LogP) is 6.25. The van der Waals surface area contributed by atoms with Crippen LogP contribution in [0.4, 0.5) is 5.69 Å². The minimum Gasteiger partial charge on any atom is -0.493 e. The van der Waals surface area contributed by atoms with Crippen LogP contribution in [-0.2, 0) is 16.1 Å². The molecule has 3 aromatic rings. The highest BCUT2D eigenvalue weighted by molar-refractivity contribution is 9.10. The monoisotopic (exact) mass is 556 g/mol. The summed E-state index contributed by atoms with van der Waals surface area (Å²) in [4.78, 5) is 27.4. The quantitative estimate of drug-likeness (QED) is 0.147. The van der Waals surface area contributed by atoms with E-state index in [0.29, 0.717) is 28.2 Å². The smallest absolute Gasteiger partial charge is 0.363 e. The highest BCUT2D eigenvalue weighted by atomic mass is 79.9. The van der Waals surface area contributed by atoms with Crippen molar-refractivity contribution < 1.29 is 23.9 Å². The van der Waals surface area contributed by atoms with Crippen molar-refractivity contribution in [3.8, 4) is 11.5 Å². The Balaban J connectivity index is 1.62. The van der Waals surface area contributed by atoms with Gasteiger partial charge in [0.2, 0.25) is 5.90 Å². The molecule has 0 aliphatic carbocycles. The third kappa shape index (κ3) is 5.36. The lowest BCUT2D eigenvalue weighted by molar-refractivity contribution is -0.385. The van der Waals surface area contributed by atoms with Gasteiger partial charge in [-0.15, -0.1) is 0 Å². The number of hydrogen-bond acceptors (Lipinski definition) is 7. The van der Waals surface area contributed by atoms with E-state index in [1.165, 1.54) is 25.3 Å². The minimum absolute atomic E-state index is 0.00510. The molecule has 4 rings (SSSR count). The van der Waals surface area contributed by atoms with E-state index in [1.807, 2.05) is 24.3 Å². The second-order valence-corrected chi connectivity index (χ2v) is 8.82. The van der Waals surface area contributed by atoms with Crippen LogP contribution in [0.25, 0.3) is 6.08 Å². The van der Waals surface area contributed by atoms with Crippen molar-refractivity contribution in [2.75, 3.05) is 7.11 Å². The molecule has 0 saturated heterocycles.